The van der Waals surface area contributed by atoms with E-state index < -0.39 is 9.84 Å². The molecule has 0 spiro atoms. The lowest BCUT2D eigenvalue weighted by molar-refractivity contribution is 0.0649. The molecule has 2 aromatic carbocycles. The molecule has 1 aliphatic heterocycles. The highest BCUT2D eigenvalue weighted by atomic mass is 35.5. The Morgan fingerprint density at radius 3 is 2.68 bits per heavy atom. The fraction of sp³-hybridized carbons (Fsp3) is 0.286. The molecule has 4 rings (SSSR count). The minimum absolute atomic E-state index is 0.0292. The smallest absolute Gasteiger partial charge is 0.290 e. The number of para-hydroxylation sites is 1. The molecule has 28 heavy (non-hydrogen) atoms. The van der Waals surface area contributed by atoms with Crippen molar-refractivity contribution in [2.24, 2.45) is 0 Å². The lowest BCUT2D eigenvalue weighted by Gasteiger charge is -2.28. The van der Waals surface area contributed by atoms with Crippen molar-refractivity contribution in [3.8, 4) is 0 Å². The molecule has 146 valence electrons. The standard InChI is InChI=1S/C21H20ClNO4S/c1-14-18-7-2-3-8-19(18)27-20(14)21(24)23(17-9-10-28(25,26)13-17)12-15-5-4-6-16(22)11-15/h2-8,11,17H,9-10,12-13H2,1H3. The summed E-state index contributed by atoms with van der Waals surface area (Å²) in [6.07, 6.45) is 0.425. The van der Waals surface area contributed by atoms with Gasteiger partial charge in [-0.25, -0.2) is 8.42 Å². The fourth-order valence-electron chi connectivity index (χ4n) is 3.73. The third kappa shape index (κ3) is 3.66. The number of sulfone groups is 1. The van der Waals surface area contributed by atoms with Crippen LogP contribution in [0.2, 0.25) is 5.02 Å². The summed E-state index contributed by atoms with van der Waals surface area (Å²) in [6.45, 7) is 2.12. The van der Waals surface area contributed by atoms with Crippen molar-refractivity contribution >= 4 is 38.3 Å². The van der Waals surface area contributed by atoms with Gasteiger partial charge in [-0.15, -0.1) is 0 Å². The maximum absolute atomic E-state index is 13.4. The lowest BCUT2D eigenvalue weighted by Crippen LogP contribution is -2.40. The number of amides is 1. The zero-order chi connectivity index (χ0) is 19.9. The van der Waals surface area contributed by atoms with Crippen molar-refractivity contribution in [1.29, 1.82) is 0 Å². The second kappa shape index (κ2) is 7.26. The van der Waals surface area contributed by atoms with Gasteiger partial charge in [-0.3, -0.25) is 4.79 Å². The zero-order valence-electron chi connectivity index (χ0n) is 15.4. The molecule has 1 fully saturated rings. The Morgan fingerprint density at radius 1 is 1.21 bits per heavy atom. The molecule has 0 aliphatic carbocycles. The van der Waals surface area contributed by atoms with Gasteiger partial charge in [-0.1, -0.05) is 41.9 Å². The van der Waals surface area contributed by atoms with Crippen LogP contribution in [0.25, 0.3) is 11.0 Å². The Morgan fingerprint density at radius 2 is 2.00 bits per heavy atom. The minimum Gasteiger partial charge on any atom is -0.451 e. The number of nitrogens with zero attached hydrogens (tertiary/aromatic N) is 1. The fourth-order valence-corrected chi connectivity index (χ4v) is 5.67. The van der Waals surface area contributed by atoms with Crippen molar-refractivity contribution in [2.75, 3.05) is 11.5 Å². The second-order valence-electron chi connectivity index (χ2n) is 7.17. The van der Waals surface area contributed by atoms with Gasteiger partial charge in [0.05, 0.1) is 11.5 Å². The van der Waals surface area contributed by atoms with E-state index in [9.17, 15) is 13.2 Å². The van der Waals surface area contributed by atoms with Crippen molar-refractivity contribution < 1.29 is 17.6 Å². The first-order valence-electron chi connectivity index (χ1n) is 9.08. The number of rotatable bonds is 4. The number of carbonyl (C=O) groups is 1. The van der Waals surface area contributed by atoms with Gasteiger partial charge in [0.1, 0.15) is 5.58 Å². The van der Waals surface area contributed by atoms with Crippen molar-refractivity contribution in [3.63, 3.8) is 0 Å². The van der Waals surface area contributed by atoms with E-state index in [-0.39, 0.29) is 35.8 Å². The van der Waals surface area contributed by atoms with Gasteiger partial charge in [0.15, 0.2) is 15.6 Å². The lowest BCUT2D eigenvalue weighted by atomic mass is 10.1. The molecule has 1 atom stereocenters. The van der Waals surface area contributed by atoms with Crippen molar-refractivity contribution in [3.05, 3.63) is 70.4 Å². The number of fused-ring (bicyclic) bond motifs is 1. The number of hydrogen-bond acceptors (Lipinski definition) is 4. The molecule has 3 aromatic rings. The molecule has 0 radical (unpaired) electrons. The minimum atomic E-state index is -3.14. The van der Waals surface area contributed by atoms with E-state index >= 15 is 0 Å². The molecule has 1 unspecified atom stereocenters. The SMILES string of the molecule is Cc1c(C(=O)N(Cc2cccc(Cl)c2)C2CCS(=O)(=O)C2)oc2ccccc12. The highest BCUT2D eigenvalue weighted by Gasteiger charge is 2.36. The summed E-state index contributed by atoms with van der Waals surface area (Å²) in [4.78, 5) is 15.0. The van der Waals surface area contributed by atoms with E-state index in [0.717, 1.165) is 16.5 Å². The predicted molar refractivity (Wildman–Crippen MR) is 109 cm³/mol. The highest BCUT2D eigenvalue weighted by molar-refractivity contribution is 7.91. The topological polar surface area (TPSA) is 67.6 Å². The number of aryl methyl sites for hydroxylation is 1. The molecule has 0 bridgehead atoms. The zero-order valence-corrected chi connectivity index (χ0v) is 17.0. The Bertz CT molecular complexity index is 1150. The van der Waals surface area contributed by atoms with E-state index in [2.05, 4.69) is 0 Å². The second-order valence-corrected chi connectivity index (χ2v) is 9.84. The van der Waals surface area contributed by atoms with Gasteiger partial charge in [0.2, 0.25) is 0 Å². The van der Waals surface area contributed by atoms with Gasteiger partial charge in [-0.2, -0.15) is 0 Å². The summed E-state index contributed by atoms with van der Waals surface area (Å²) >= 11 is 6.09. The van der Waals surface area contributed by atoms with Gasteiger partial charge in [-0.05, 0) is 37.1 Å². The number of hydrogen-bond donors (Lipinski definition) is 0. The molecule has 1 amide bonds. The van der Waals surface area contributed by atoms with Crippen LogP contribution in [0, 0.1) is 6.92 Å². The first kappa shape index (κ1) is 19.0. The Hall–Kier alpha value is -2.31. The Labute approximate surface area is 168 Å². The number of furan rings is 1. The molecular formula is C21H20ClNO4S. The number of halogens is 1. The third-order valence-electron chi connectivity index (χ3n) is 5.19. The molecule has 7 heteroatoms. The van der Waals surface area contributed by atoms with Crippen LogP contribution < -0.4 is 0 Å². The van der Waals surface area contributed by atoms with Crippen LogP contribution in [-0.2, 0) is 16.4 Å². The summed E-state index contributed by atoms with van der Waals surface area (Å²) in [5.74, 6) is 0.0256. The van der Waals surface area contributed by atoms with Gasteiger partial charge in [0.25, 0.3) is 5.91 Å². The number of carbonyl (C=O) groups excluding carboxylic acids is 1. The summed E-state index contributed by atoms with van der Waals surface area (Å²) in [7, 11) is -3.14. The molecular weight excluding hydrogens is 398 g/mol. The Kier molecular flexibility index (Phi) is 4.93. The summed E-state index contributed by atoms with van der Waals surface area (Å²) in [5.41, 5.74) is 2.25. The van der Waals surface area contributed by atoms with Gasteiger partial charge >= 0.3 is 0 Å². The van der Waals surface area contributed by atoms with E-state index in [1.54, 1.807) is 17.0 Å². The average Bonchev–Trinajstić information content (AvgIpc) is 3.19. The van der Waals surface area contributed by atoms with Crippen molar-refractivity contribution in [1.82, 2.24) is 4.90 Å². The quantitative estimate of drug-likeness (QED) is 0.637. The maximum atomic E-state index is 13.4. The normalized spacial score (nSPS) is 18.4. The van der Waals surface area contributed by atoms with E-state index in [1.165, 1.54) is 0 Å². The highest BCUT2D eigenvalue weighted by Crippen LogP contribution is 2.29. The van der Waals surface area contributed by atoms with E-state index in [0.29, 0.717) is 17.0 Å². The van der Waals surface area contributed by atoms with Crippen LogP contribution in [0.5, 0.6) is 0 Å². The summed E-state index contributed by atoms with van der Waals surface area (Å²) in [6, 6.07) is 14.3. The van der Waals surface area contributed by atoms with E-state index in [4.69, 9.17) is 16.0 Å². The first-order chi connectivity index (χ1) is 13.3. The maximum Gasteiger partial charge on any atom is 0.290 e. The Balaban J connectivity index is 1.73. The van der Waals surface area contributed by atoms with Crippen LogP contribution >= 0.6 is 11.6 Å². The first-order valence-corrected chi connectivity index (χ1v) is 11.3. The molecule has 5 nitrogen and oxygen atoms in total. The predicted octanol–water partition coefficient (Wildman–Crippen LogP) is 4.22. The molecule has 2 heterocycles. The number of benzene rings is 2. The average molecular weight is 418 g/mol. The van der Waals surface area contributed by atoms with Crippen LogP contribution in [0.4, 0.5) is 0 Å². The summed E-state index contributed by atoms with van der Waals surface area (Å²) < 4.78 is 29.9. The van der Waals surface area contributed by atoms with Gasteiger partial charge in [0, 0.05) is 28.6 Å². The van der Waals surface area contributed by atoms with Crippen molar-refractivity contribution in [2.45, 2.75) is 25.9 Å². The van der Waals surface area contributed by atoms with Gasteiger partial charge < -0.3 is 9.32 Å². The summed E-state index contributed by atoms with van der Waals surface area (Å²) in [5, 5.41) is 1.46. The van der Waals surface area contributed by atoms with E-state index in [1.807, 2.05) is 43.3 Å². The van der Waals surface area contributed by atoms with Crippen LogP contribution in [0.15, 0.2) is 52.9 Å². The molecule has 1 aliphatic rings. The van der Waals surface area contributed by atoms with Crippen LogP contribution in [0.1, 0.15) is 28.1 Å². The molecule has 0 saturated carbocycles. The molecule has 1 saturated heterocycles. The van der Waals surface area contributed by atoms with Crippen LogP contribution in [0.3, 0.4) is 0 Å². The monoisotopic (exact) mass is 417 g/mol. The molecule has 1 aromatic heterocycles. The molecule has 0 N–H and O–H groups in total. The third-order valence-corrected chi connectivity index (χ3v) is 7.18. The van der Waals surface area contributed by atoms with Crippen LogP contribution in [-0.4, -0.2) is 36.8 Å². The largest absolute Gasteiger partial charge is 0.451 e.